The predicted octanol–water partition coefficient (Wildman–Crippen LogP) is 3.90. The molecule has 0 aliphatic carbocycles. The van der Waals surface area contributed by atoms with Gasteiger partial charge in [0.25, 0.3) is 0 Å². The highest BCUT2D eigenvalue weighted by Crippen LogP contribution is 2.19. The Morgan fingerprint density at radius 2 is 1.33 bits per heavy atom. The van der Waals surface area contributed by atoms with Crippen LogP contribution >= 0.6 is 0 Å². The first-order valence-electron chi connectivity index (χ1n) is 11.9. The average molecular weight is 477 g/mol. The third-order valence-corrected chi connectivity index (χ3v) is 9.38. The van der Waals surface area contributed by atoms with E-state index < -0.39 is 8.80 Å². The fourth-order valence-corrected chi connectivity index (χ4v) is 7.32. The molecule has 1 atom stereocenters. The van der Waals surface area contributed by atoms with Crippen molar-refractivity contribution in [1.82, 2.24) is 0 Å². The zero-order valence-electron chi connectivity index (χ0n) is 19.7. The molecular formula is C29H40O2Si2. The largest absolute Gasteiger partial charge is 0.465 e. The van der Waals surface area contributed by atoms with Crippen molar-refractivity contribution in [3.8, 4) is 0 Å². The van der Waals surface area contributed by atoms with Gasteiger partial charge in [-0.05, 0) is 47.8 Å². The zero-order chi connectivity index (χ0) is 22.8. The summed E-state index contributed by atoms with van der Waals surface area (Å²) in [5.74, 6) is 0.287. The number of benzene rings is 3. The number of hydrogen-bond acceptors (Lipinski definition) is 2. The maximum absolute atomic E-state index is 12.5. The molecule has 0 heterocycles. The van der Waals surface area contributed by atoms with Crippen molar-refractivity contribution in [2.75, 3.05) is 6.61 Å². The number of carbonyl (C=O) groups excluding carboxylic acids is 1. The van der Waals surface area contributed by atoms with E-state index in [2.05, 4.69) is 98.8 Å². The first-order valence-corrected chi connectivity index (χ1v) is 13.9. The van der Waals surface area contributed by atoms with E-state index in [4.69, 9.17) is 4.74 Å². The van der Waals surface area contributed by atoms with Crippen LogP contribution in [0.2, 0.25) is 6.04 Å². The summed E-state index contributed by atoms with van der Waals surface area (Å²) < 4.78 is 5.62. The average Bonchev–Trinajstić information content (AvgIpc) is 2.82. The highest BCUT2D eigenvalue weighted by atomic mass is 28.3. The van der Waals surface area contributed by atoms with Crippen LogP contribution < -0.4 is 10.4 Å². The van der Waals surface area contributed by atoms with E-state index in [-0.39, 0.29) is 22.9 Å². The van der Waals surface area contributed by atoms with Crippen LogP contribution in [-0.2, 0) is 16.0 Å². The Hall–Kier alpha value is -2.44. The molecule has 0 aromatic heterocycles. The van der Waals surface area contributed by atoms with Gasteiger partial charge >= 0.3 is 5.97 Å². The van der Waals surface area contributed by atoms with Crippen LogP contribution in [0.4, 0.5) is 0 Å². The lowest BCUT2D eigenvalue weighted by Gasteiger charge is -2.17. The molecule has 4 heteroatoms. The lowest BCUT2D eigenvalue weighted by molar-refractivity contribution is -0.145. The van der Waals surface area contributed by atoms with Crippen LogP contribution in [0.25, 0.3) is 0 Å². The van der Waals surface area contributed by atoms with Gasteiger partial charge in [0.15, 0.2) is 0 Å². The molecule has 0 aliphatic rings. The molecule has 0 spiro atoms. The maximum atomic E-state index is 12.5. The highest BCUT2D eigenvalue weighted by molar-refractivity contribution is 6.85. The van der Waals surface area contributed by atoms with Crippen LogP contribution in [-0.4, -0.2) is 32.3 Å². The fourth-order valence-electron chi connectivity index (χ4n) is 4.19. The van der Waals surface area contributed by atoms with Gasteiger partial charge in [-0.2, -0.15) is 0 Å². The molecule has 3 aromatic rings. The third kappa shape index (κ3) is 8.45. The first kappa shape index (κ1) is 26.8. The van der Waals surface area contributed by atoms with E-state index in [0.29, 0.717) is 12.5 Å². The number of rotatable bonds is 11. The zero-order valence-corrected chi connectivity index (χ0v) is 20.8. The van der Waals surface area contributed by atoms with E-state index in [9.17, 15) is 4.79 Å². The SMILES string of the molecule is CC(C)Cc1ccc([C@@H](C)C(=O)OCCCC[SiH](c2ccccc2)c2ccccc2)cc1.[SiH4]. The topological polar surface area (TPSA) is 26.3 Å². The van der Waals surface area contributed by atoms with Gasteiger partial charge in [0.05, 0.1) is 12.5 Å². The Bertz CT molecular complexity index is 901. The Balaban J connectivity index is 0.00000385. The minimum Gasteiger partial charge on any atom is -0.465 e. The molecule has 0 saturated heterocycles. The molecule has 0 amide bonds. The van der Waals surface area contributed by atoms with E-state index >= 15 is 0 Å². The van der Waals surface area contributed by atoms with Crippen LogP contribution in [0, 0.1) is 5.92 Å². The van der Waals surface area contributed by atoms with Gasteiger partial charge in [-0.25, -0.2) is 0 Å². The Morgan fingerprint density at radius 3 is 1.85 bits per heavy atom. The van der Waals surface area contributed by atoms with Crippen LogP contribution in [0.5, 0.6) is 0 Å². The smallest absolute Gasteiger partial charge is 0.313 e. The third-order valence-electron chi connectivity index (χ3n) is 6.01. The van der Waals surface area contributed by atoms with Crippen molar-refractivity contribution >= 4 is 36.1 Å². The molecule has 0 N–H and O–H groups in total. The second-order valence-electron chi connectivity index (χ2n) is 9.10. The van der Waals surface area contributed by atoms with Crippen molar-refractivity contribution in [3.63, 3.8) is 0 Å². The number of ether oxygens (including phenoxy) is 1. The molecule has 0 unspecified atom stereocenters. The summed E-state index contributed by atoms with van der Waals surface area (Å²) >= 11 is 0. The van der Waals surface area contributed by atoms with Crippen molar-refractivity contribution < 1.29 is 9.53 Å². The summed E-state index contributed by atoms with van der Waals surface area (Å²) in [4.78, 5) is 12.5. The van der Waals surface area contributed by atoms with Crippen molar-refractivity contribution in [1.29, 1.82) is 0 Å². The molecule has 0 aliphatic heterocycles. The number of hydrogen-bond donors (Lipinski definition) is 0. The van der Waals surface area contributed by atoms with Gasteiger partial charge in [0.1, 0.15) is 8.80 Å². The molecular weight excluding hydrogens is 436 g/mol. The number of unbranched alkanes of at least 4 members (excludes halogenated alkanes) is 1. The Labute approximate surface area is 206 Å². The Kier molecular flexibility index (Phi) is 11.3. The molecule has 2 nitrogen and oxygen atoms in total. The summed E-state index contributed by atoms with van der Waals surface area (Å²) in [6.45, 7) is 6.88. The molecule has 33 heavy (non-hydrogen) atoms. The van der Waals surface area contributed by atoms with Crippen LogP contribution in [0.15, 0.2) is 84.9 Å². The minimum absolute atomic E-state index is 0. The molecule has 176 valence electrons. The molecule has 3 rings (SSSR count). The molecule has 0 radical (unpaired) electrons. The van der Waals surface area contributed by atoms with Crippen molar-refractivity contribution in [2.24, 2.45) is 5.92 Å². The number of carbonyl (C=O) groups is 1. The lowest BCUT2D eigenvalue weighted by Crippen LogP contribution is -2.41. The minimum atomic E-state index is -1.24. The van der Waals surface area contributed by atoms with Gasteiger partial charge in [0.2, 0.25) is 0 Å². The highest BCUT2D eigenvalue weighted by Gasteiger charge is 2.18. The predicted molar refractivity (Wildman–Crippen MR) is 149 cm³/mol. The Morgan fingerprint density at radius 1 is 0.788 bits per heavy atom. The summed E-state index contributed by atoms with van der Waals surface area (Å²) in [5, 5.41) is 2.95. The van der Waals surface area contributed by atoms with Crippen LogP contribution in [0.3, 0.4) is 0 Å². The lowest BCUT2D eigenvalue weighted by atomic mass is 9.97. The second kappa shape index (κ2) is 14.0. The van der Waals surface area contributed by atoms with Crippen molar-refractivity contribution in [3.05, 3.63) is 96.1 Å². The van der Waals surface area contributed by atoms with Gasteiger partial charge in [-0.3, -0.25) is 4.79 Å². The monoisotopic (exact) mass is 476 g/mol. The fraction of sp³-hybridized carbons (Fsp3) is 0.345. The quantitative estimate of drug-likeness (QED) is 0.238. The first-order chi connectivity index (χ1) is 15.5. The van der Waals surface area contributed by atoms with Gasteiger partial charge in [0, 0.05) is 0 Å². The van der Waals surface area contributed by atoms with Gasteiger partial charge < -0.3 is 4.74 Å². The number of esters is 1. The van der Waals surface area contributed by atoms with Gasteiger partial charge in [-0.1, -0.05) is 122 Å². The molecule has 0 fully saturated rings. The molecule has 3 aromatic carbocycles. The standard InChI is InChI=1S/C29H36O2Si.H4Si/c1-23(2)22-25-16-18-26(19-17-25)24(3)29(30)31-20-10-11-21-32(27-12-6-4-7-13-27)28-14-8-5-9-15-28;/h4-9,12-19,23-24,32H,10-11,20-22H2,1-3H3;1H4/t24-;/m1./s1. The van der Waals surface area contributed by atoms with Crippen molar-refractivity contribution in [2.45, 2.75) is 52.0 Å². The van der Waals surface area contributed by atoms with E-state index in [1.165, 1.54) is 22.0 Å². The summed E-state index contributed by atoms with van der Waals surface area (Å²) in [6.07, 6.45) is 3.05. The van der Waals surface area contributed by atoms with Crippen LogP contribution in [0.1, 0.15) is 50.7 Å². The van der Waals surface area contributed by atoms with E-state index in [0.717, 1.165) is 24.8 Å². The molecule has 0 saturated carbocycles. The van der Waals surface area contributed by atoms with E-state index in [1.54, 1.807) is 0 Å². The normalized spacial score (nSPS) is 11.8. The summed E-state index contributed by atoms with van der Waals surface area (Å²) in [6, 6.07) is 31.3. The molecule has 0 bridgehead atoms. The second-order valence-corrected chi connectivity index (χ2v) is 12.1. The summed E-state index contributed by atoms with van der Waals surface area (Å²) in [7, 11) is -1.24. The van der Waals surface area contributed by atoms with E-state index in [1.807, 2.05) is 6.92 Å². The maximum Gasteiger partial charge on any atom is 0.313 e. The van der Waals surface area contributed by atoms with Gasteiger partial charge in [-0.15, -0.1) is 0 Å². The summed E-state index contributed by atoms with van der Waals surface area (Å²) in [5.41, 5.74) is 2.35.